The van der Waals surface area contributed by atoms with E-state index in [-0.39, 0.29) is 0 Å². The maximum Gasteiger partial charge on any atom is 0.136 e. The Balaban J connectivity index is 1.07. The molecule has 12 aromatic rings. The molecule has 0 fully saturated rings. The first-order chi connectivity index (χ1) is 26.8. The molecule has 0 amide bonds. The zero-order valence-corrected chi connectivity index (χ0v) is 30.0. The first-order valence-electron chi connectivity index (χ1n) is 18.5. The highest BCUT2D eigenvalue weighted by molar-refractivity contribution is 7.26. The predicted molar refractivity (Wildman–Crippen MR) is 233 cm³/mol. The summed E-state index contributed by atoms with van der Waals surface area (Å²) in [5.74, 6) is 0. The smallest absolute Gasteiger partial charge is 0.136 e. The lowest BCUT2D eigenvalue weighted by molar-refractivity contribution is 0.669. The summed E-state index contributed by atoms with van der Waals surface area (Å²) in [5, 5.41) is 15.1. The summed E-state index contributed by atoms with van der Waals surface area (Å²) in [5.41, 5.74) is 9.43. The average molecular weight is 703 g/mol. The highest BCUT2D eigenvalue weighted by Gasteiger charge is 2.20. The Morgan fingerprint density at radius 2 is 0.852 bits per heavy atom. The van der Waals surface area contributed by atoms with E-state index in [1.807, 2.05) is 17.4 Å². The van der Waals surface area contributed by atoms with Gasteiger partial charge in [0.05, 0.1) is 0 Å². The van der Waals surface area contributed by atoms with Gasteiger partial charge in [0, 0.05) is 30.9 Å². The van der Waals surface area contributed by atoms with E-state index in [1.54, 1.807) is 0 Å². The lowest BCUT2D eigenvalue weighted by Gasteiger charge is -2.19. The Hall–Kier alpha value is -6.74. The zero-order chi connectivity index (χ0) is 35.3. The van der Waals surface area contributed by atoms with Crippen molar-refractivity contribution in [3.05, 3.63) is 182 Å². The summed E-state index contributed by atoms with van der Waals surface area (Å²) in [6.45, 7) is 0. The van der Waals surface area contributed by atoms with Crippen LogP contribution in [0.3, 0.4) is 0 Å². The standard InChI is InChI=1S/C52H30OS/c1-2-12-31(13-3-1)49-36-16-6-8-18-38(36)50(39-19-9-7-17-37(39)49)40-25-24-33(34-14-4-5-15-35(34)40)32-22-23-44-48(30-32)54-47-29-27-41-42(52(44)47)26-28-46-51(41)43-20-10-11-21-45(43)53-46/h1-30H. The molecule has 0 bridgehead atoms. The third-order valence-electron chi connectivity index (χ3n) is 11.5. The van der Waals surface area contributed by atoms with Gasteiger partial charge in [0.15, 0.2) is 0 Å². The SMILES string of the molecule is c1ccc(-c2c3ccccc3c(-c3ccc(-c4ccc5c(c4)sc4ccc6c(ccc7oc8ccccc8c76)c45)c4ccccc34)c3ccccc23)cc1. The van der Waals surface area contributed by atoms with E-state index in [1.165, 1.54) is 107 Å². The first-order valence-corrected chi connectivity index (χ1v) is 19.3. The monoisotopic (exact) mass is 702 g/mol. The fourth-order valence-electron chi connectivity index (χ4n) is 9.17. The molecule has 0 saturated carbocycles. The second-order valence-electron chi connectivity index (χ2n) is 14.3. The number of fused-ring (bicyclic) bond motifs is 12. The van der Waals surface area contributed by atoms with Crippen LogP contribution < -0.4 is 0 Å². The Bertz CT molecular complexity index is 3440. The molecule has 1 nitrogen and oxygen atoms in total. The van der Waals surface area contributed by atoms with Crippen LogP contribution in [-0.4, -0.2) is 0 Å². The molecule has 0 aliphatic heterocycles. The molecule has 0 saturated heterocycles. The van der Waals surface area contributed by atoms with Crippen molar-refractivity contribution in [2.45, 2.75) is 0 Å². The maximum absolute atomic E-state index is 6.25. The maximum atomic E-state index is 6.25. The van der Waals surface area contributed by atoms with E-state index in [0.717, 1.165) is 11.2 Å². The third-order valence-corrected chi connectivity index (χ3v) is 12.6. The zero-order valence-electron chi connectivity index (χ0n) is 29.1. The van der Waals surface area contributed by atoms with Crippen molar-refractivity contribution in [3.63, 3.8) is 0 Å². The van der Waals surface area contributed by atoms with E-state index in [2.05, 4.69) is 176 Å². The highest BCUT2D eigenvalue weighted by atomic mass is 32.1. The average Bonchev–Trinajstić information content (AvgIpc) is 3.81. The van der Waals surface area contributed by atoms with Crippen LogP contribution in [-0.2, 0) is 0 Å². The van der Waals surface area contributed by atoms with Gasteiger partial charge in [0.2, 0.25) is 0 Å². The number of hydrogen-bond donors (Lipinski definition) is 0. The van der Waals surface area contributed by atoms with Gasteiger partial charge in [0.25, 0.3) is 0 Å². The molecule has 54 heavy (non-hydrogen) atoms. The Kier molecular flexibility index (Phi) is 6.28. The van der Waals surface area contributed by atoms with Crippen molar-refractivity contribution < 1.29 is 4.42 Å². The molecule has 0 radical (unpaired) electrons. The van der Waals surface area contributed by atoms with Gasteiger partial charge >= 0.3 is 0 Å². The van der Waals surface area contributed by atoms with Gasteiger partial charge in [-0.05, 0) is 107 Å². The van der Waals surface area contributed by atoms with E-state index in [9.17, 15) is 0 Å². The molecule has 2 heteroatoms. The summed E-state index contributed by atoms with van der Waals surface area (Å²) in [6.07, 6.45) is 0. The first kappa shape index (κ1) is 29.8. The second kappa shape index (κ2) is 11.4. The molecule has 0 N–H and O–H groups in total. The van der Waals surface area contributed by atoms with E-state index in [4.69, 9.17) is 4.42 Å². The quantitative estimate of drug-likeness (QED) is 0.167. The van der Waals surface area contributed by atoms with Crippen LogP contribution >= 0.6 is 11.3 Å². The molecule has 10 aromatic carbocycles. The minimum Gasteiger partial charge on any atom is -0.456 e. The molecule has 2 aromatic heterocycles. The van der Waals surface area contributed by atoms with Crippen LogP contribution in [0.4, 0.5) is 0 Å². The van der Waals surface area contributed by atoms with E-state index < -0.39 is 0 Å². The van der Waals surface area contributed by atoms with Crippen LogP contribution in [0.1, 0.15) is 0 Å². The summed E-state index contributed by atoms with van der Waals surface area (Å²) in [4.78, 5) is 0. The fraction of sp³-hybridized carbons (Fsp3) is 0. The fourth-order valence-corrected chi connectivity index (χ4v) is 10.3. The largest absolute Gasteiger partial charge is 0.456 e. The van der Waals surface area contributed by atoms with Gasteiger partial charge < -0.3 is 4.42 Å². The molecule has 0 unspecified atom stereocenters. The summed E-state index contributed by atoms with van der Waals surface area (Å²) in [6, 6.07) is 66.7. The van der Waals surface area contributed by atoms with Crippen molar-refractivity contribution in [2.24, 2.45) is 0 Å². The summed E-state index contributed by atoms with van der Waals surface area (Å²) >= 11 is 1.88. The lowest BCUT2D eigenvalue weighted by atomic mass is 9.84. The predicted octanol–water partition coefficient (Wildman–Crippen LogP) is 15.6. The number of hydrogen-bond acceptors (Lipinski definition) is 2. The van der Waals surface area contributed by atoms with Crippen molar-refractivity contribution in [1.82, 2.24) is 0 Å². The van der Waals surface area contributed by atoms with Crippen molar-refractivity contribution >= 4 is 96.5 Å². The molecular weight excluding hydrogens is 673 g/mol. The molecule has 2 heterocycles. The molecule has 0 aliphatic carbocycles. The number of rotatable bonds is 3. The van der Waals surface area contributed by atoms with Gasteiger partial charge in [-0.2, -0.15) is 0 Å². The van der Waals surface area contributed by atoms with Gasteiger partial charge in [-0.3, -0.25) is 0 Å². The Morgan fingerprint density at radius 3 is 1.59 bits per heavy atom. The third kappa shape index (κ3) is 4.20. The van der Waals surface area contributed by atoms with Crippen LogP contribution in [0, 0.1) is 0 Å². The van der Waals surface area contributed by atoms with Crippen LogP contribution in [0.2, 0.25) is 0 Å². The number of para-hydroxylation sites is 1. The molecule has 250 valence electrons. The Morgan fingerprint density at radius 1 is 0.296 bits per heavy atom. The molecule has 0 aliphatic rings. The second-order valence-corrected chi connectivity index (χ2v) is 15.4. The van der Waals surface area contributed by atoms with Gasteiger partial charge in [-0.25, -0.2) is 0 Å². The molecule has 0 spiro atoms. The van der Waals surface area contributed by atoms with Crippen molar-refractivity contribution in [1.29, 1.82) is 0 Å². The van der Waals surface area contributed by atoms with E-state index >= 15 is 0 Å². The summed E-state index contributed by atoms with van der Waals surface area (Å²) < 4.78 is 8.85. The van der Waals surface area contributed by atoms with Crippen LogP contribution in [0.25, 0.3) is 119 Å². The topological polar surface area (TPSA) is 13.1 Å². The highest BCUT2D eigenvalue weighted by Crippen LogP contribution is 2.48. The van der Waals surface area contributed by atoms with Crippen molar-refractivity contribution in [3.8, 4) is 33.4 Å². The Labute approximate surface area is 314 Å². The van der Waals surface area contributed by atoms with Gasteiger partial charge in [-0.1, -0.05) is 152 Å². The number of thiophene rings is 1. The van der Waals surface area contributed by atoms with Crippen LogP contribution in [0.15, 0.2) is 186 Å². The molecule has 12 rings (SSSR count). The van der Waals surface area contributed by atoms with Gasteiger partial charge in [0.1, 0.15) is 11.2 Å². The van der Waals surface area contributed by atoms with Crippen LogP contribution in [0.5, 0.6) is 0 Å². The molecule has 0 atom stereocenters. The number of furan rings is 1. The minimum atomic E-state index is 0.934. The minimum absolute atomic E-state index is 0.934. The molecular formula is C52H30OS. The van der Waals surface area contributed by atoms with E-state index in [0.29, 0.717) is 0 Å². The lowest BCUT2D eigenvalue weighted by Crippen LogP contribution is -1.92. The number of benzene rings is 10. The normalized spacial score (nSPS) is 12.1. The van der Waals surface area contributed by atoms with Crippen molar-refractivity contribution in [2.75, 3.05) is 0 Å². The van der Waals surface area contributed by atoms with Gasteiger partial charge in [-0.15, -0.1) is 11.3 Å². The summed E-state index contributed by atoms with van der Waals surface area (Å²) in [7, 11) is 0.